The van der Waals surface area contributed by atoms with E-state index in [1.54, 1.807) is 0 Å². The van der Waals surface area contributed by atoms with Gasteiger partial charge in [0.2, 0.25) is 0 Å². The van der Waals surface area contributed by atoms with Crippen molar-refractivity contribution in [2.75, 3.05) is 39.6 Å². The van der Waals surface area contributed by atoms with Crippen LogP contribution in [0, 0.1) is 0 Å². The van der Waals surface area contributed by atoms with Crippen LogP contribution >= 0.6 is 15.6 Å². The summed E-state index contributed by atoms with van der Waals surface area (Å²) in [6.07, 6.45) is 46.7. The van der Waals surface area contributed by atoms with Crippen molar-refractivity contribution in [3.63, 3.8) is 0 Å². The van der Waals surface area contributed by atoms with E-state index in [0.29, 0.717) is 25.7 Å². The minimum atomic E-state index is -4.94. The molecule has 19 heteroatoms. The van der Waals surface area contributed by atoms with Crippen molar-refractivity contribution >= 4 is 39.5 Å². The molecule has 0 aromatic heterocycles. The lowest BCUT2D eigenvalue weighted by Gasteiger charge is -2.21. The molecule has 0 rings (SSSR count). The average Bonchev–Trinajstić information content (AvgIpc) is 3.59. The quantitative estimate of drug-likeness (QED) is 0.0222. The summed E-state index contributed by atoms with van der Waals surface area (Å²) in [6, 6.07) is 0. The Balaban J connectivity index is 5.07. The number of aliphatic hydroxyl groups excluding tert-OH is 1. The largest absolute Gasteiger partial charge is 0.472 e. The summed E-state index contributed by atoms with van der Waals surface area (Å²) in [6.45, 7) is 4.72. The van der Waals surface area contributed by atoms with Crippen LogP contribution in [-0.4, -0.2) is 96.7 Å². The van der Waals surface area contributed by atoms with Gasteiger partial charge in [0, 0.05) is 25.7 Å². The first-order valence-electron chi connectivity index (χ1n) is 34.3. The minimum Gasteiger partial charge on any atom is -0.462 e. The summed E-state index contributed by atoms with van der Waals surface area (Å²) in [4.78, 5) is 71.7. The maximum Gasteiger partial charge on any atom is 0.472 e. The van der Waals surface area contributed by atoms with E-state index in [4.69, 9.17) is 37.0 Å². The highest BCUT2D eigenvalue weighted by Gasteiger charge is 2.30. The molecule has 0 heterocycles. The monoisotopic (exact) mass is 1240 g/mol. The molecular formula is C65H126O17P2. The molecule has 17 nitrogen and oxygen atoms in total. The standard InChI is InChI=1S/C65H126O17P2/c1-5-9-13-17-19-21-23-25-27-29-30-32-34-36-38-40-44-48-52-65(70)82-61(56-76-63(68)50-46-43-39-37-35-33-31-28-26-24-22-20-18-14-10-6-2)58-80-84(73,74)78-54-59(66)53-77-83(71,72)79-57-60(81-64(69)51-47-42-16-12-8-4)55-75-62(67)49-45-41-15-11-7-3/h59-61,66H,5-58H2,1-4H3,(H,71,72)(H,73,74)/t59-,60+,61+/m0/s1. The van der Waals surface area contributed by atoms with Gasteiger partial charge in [-0.05, 0) is 25.7 Å². The summed E-state index contributed by atoms with van der Waals surface area (Å²) >= 11 is 0. The zero-order chi connectivity index (χ0) is 61.9. The summed E-state index contributed by atoms with van der Waals surface area (Å²) in [5, 5.41) is 10.5. The molecule has 0 fully saturated rings. The van der Waals surface area contributed by atoms with E-state index < -0.39 is 97.5 Å². The van der Waals surface area contributed by atoms with Crippen LogP contribution in [0.3, 0.4) is 0 Å². The molecular weight excluding hydrogens is 1110 g/mol. The topological polar surface area (TPSA) is 237 Å². The number of unbranched alkanes of at least 4 members (excludes halogenated alkanes) is 40. The molecule has 0 aliphatic rings. The van der Waals surface area contributed by atoms with E-state index in [1.165, 1.54) is 161 Å². The van der Waals surface area contributed by atoms with E-state index in [2.05, 4.69) is 27.7 Å². The Bertz CT molecular complexity index is 1620. The highest BCUT2D eigenvalue weighted by molar-refractivity contribution is 7.47. The number of carbonyl (C=O) groups excluding carboxylic acids is 4. The molecule has 0 aromatic rings. The predicted molar refractivity (Wildman–Crippen MR) is 335 cm³/mol. The van der Waals surface area contributed by atoms with E-state index >= 15 is 0 Å². The molecule has 498 valence electrons. The molecule has 5 atom stereocenters. The number of hydrogen-bond acceptors (Lipinski definition) is 15. The second kappa shape index (κ2) is 60.0. The number of rotatable bonds is 66. The predicted octanol–water partition coefficient (Wildman–Crippen LogP) is 18.3. The Hall–Kier alpha value is -1.94. The Kier molecular flexibility index (Phi) is 58.6. The summed E-state index contributed by atoms with van der Waals surface area (Å²) < 4.78 is 67.6. The van der Waals surface area contributed by atoms with Gasteiger partial charge in [-0.1, -0.05) is 285 Å². The molecule has 0 saturated carbocycles. The van der Waals surface area contributed by atoms with Crippen LogP contribution in [0.5, 0.6) is 0 Å². The third-order valence-electron chi connectivity index (χ3n) is 15.1. The van der Waals surface area contributed by atoms with Crippen LogP contribution in [0.1, 0.15) is 336 Å². The summed E-state index contributed by atoms with van der Waals surface area (Å²) in [5.74, 6) is -2.15. The van der Waals surface area contributed by atoms with Crippen molar-refractivity contribution in [1.82, 2.24) is 0 Å². The van der Waals surface area contributed by atoms with Crippen molar-refractivity contribution in [3.05, 3.63) is 0 Å². The molecule has 0 aliphatic heterocycles. The van der Waals surface area contributed by atoms with Crippen molar-refractivity contribution < 1.29 is 80.2 Å². The fraction of sp³-hybridized carbons (Fsp3) is 0.938. The number of aliphatic hydroxyl groups is 1. The van der Waals surface area contributed by atoms with Gasteiger partial charge in [0.25, 0.3) is 0 Å². The lowest BCUT2D eigenvalue weighted by Crippen LogP contribution is -2.30. The maximum atomic E-state index is 13.0. The van der Waals surface area contributed by atoms with Crippen molar-refractivity contribution in [3.8, 4) is 0 Å². The zero-order valence-electron chi connectivity index (χ0n) is 53.9. The first-order valence-corrected chi connectivity index (χ1v) is 37.3. The summed E-state index contributed by atoms with van der Waals surface area (Å²) in [5.41, 5.74) is 0. The highest BCUT2D eigenvalue weighted by atomic mass is 31.2. The lowest BCUT2D eigenvalue weighted by molar-refractivity contribution is -0.161. The van der Waals surface area contributed by atoms with Gasteiger partial charge in [0.05, 0.1) is 26.4 Å². The summed E-state index contributed by atoms with van der Waals surface area (Å²) in [7, 11) is -9.87. The van der Waals surface area contributed by atoms with E-state index in [0.717, 1.165) is 96.3 Å². The molecule has 0 aliphatic carbocycles. The van der Waals surface area contributed by atoms with Crippen LogP contribution in [-0.2, 0) is 65.4 Å². The van der Waals surface area contributed by atoms with Crippen LogP contribution in [0.4, 0.5) is 0 Å². The van der Waals surface area contributed by atoms with Gasteiger partial charge >= 0.3 is 39.5 Å². The van der Waals surface area contributed by atoms with Crippen molar-refractivity contribution in [2.24, 2.45) is 0 Å². The molecule has 0 bridgehead atoms. The van der Waals surface area contributed by atoms with Crippen LogP contribution in [0.15, 0.2) is 0 Å². The number of hydrogen-bond donors (Lipinski definition) is 3. The Morgan fingerprint density at radius 3 is 0.702 bits per heavy atom. The highest BCUT2D eigenvalue weighted by Crippen LogP contribution is 2.45. The van der Waals surface area contributed by atoms with Crippen molar-refractivity contribution in [1.29, 1.82) is 0 Å². The molecule has 0 saturated heterocycles. The van der Waals surface area contributed by atoms with Gasteiger partial charge in [-0.2, -0.15) is 0 Å². The van der Waals surface area contributed by atoms with Crippen LogP contribution in [0.2, 0.25) is 0 Å². The Morgan fingerprint density at radius 2 is 0.476 bits per heavy atom. The van der Waals surface area contributed by atoms with Gasteiger partial charge in [-0.15, -0.1) is 0 Å². The van der Waals surface area contributed by atoms with Crippen LogP contribution in [0.25, 0.3) is 0 Å². The minimum absolute atomic E-state index is 0.0992. The molecule has 3 N–H and O–H groups in total. The van der Waals surface area contributed by atoms with E-state index in [9.17, 15) is 43.2 Å². The van der Waals surface area contributed by atoms with Crippen molar-refractivity contribution in [2.45, 2.75) is 354 Å². The molecule has 0 aromatic carbocycles. The molecule has 2 unspecified atom stereocenters. The Labute approximate surface area is 511 Å². The average molecular weight is 1240 g/mol. The van der Waals surface area contributed by atoms with Crippen LogP contribution < -0.4 is 0 Å². The molecule has 0 spiro atoms. The Morgan fingerprint density at radius 1 is 0.286 bits per heavy atom. The first kappa shape index (κ1) is 82.1. The first-order chi connectivity index (χ1) is 40.7. The van der Waals surface area contributed by atoms with Gasteiger partial charge in [0.1, 0.15) is 19.3 Å². The smallest absolute Gasteiger partial charge is 0.462 e. The van der Waals surface area contributed by atoms with Gasteiger partial charge < -0.3 is 33.8 Å². The molecule has 0 radical (unpaired) electrons. The van der Waals surface area contributed by atoms with E-state index in [1.807, 2.05) is 0 Å². The zero-order valence-corrected chi connectivity index (χ0v) is 55.7. The number of phosphoric acid groups is 2. The molecule has 84 heavy (non-hydrogen) atoms. The number of esters is 4. The van der Waals surface area contributed by atoms with Gasteiger partial charge in [-0.3, -0.25) is 37.3 Å². The second-order valence-corrected chi connectivity index (χ2v) is 26.4. The SMILES string of the molecule is CCCCCCCCCCCCCCCCCCCCC(=O)O[C@H](COC(=O)CCCCCCCCCCCCCCCCCC)COP(=O)(O)OC[C@@H](O)COP(=O)(O)OC[C@@H](COC(=O)CCCCCCC)OC(=O)CCCCCCC. The van der Waals surface area contributed by atoms with E-state index in [-0.39, 0.29) is 25.7 Å². The lowest BCUT2D eigenvalue weighted by atomic mass is 10.0. The maximum absolute atomic E-state index is 13.0. The number of phosphoric ester groups is 2. The number of ether oxygens (including phenoxy) is 4. The third kappa shape index (κ3) is 59.0. The molecule has 0 amide bonds. The van der Waals surface area contributed by atoms with Gasteiger partial charge in [0.15, 0.2) is 12.2 Å². The second-order valence-electron chi connectivity index (χ2n) is 23.5. The third-order valence-corrected chi connectivity index (χ3v) is 17.0. The fourth-order valence-electron chi connectivity index (χ4n) is 9.81. The normalized spacial score (nSPS) is 14.1. The fourth-order valence-corrected chi connectivity index (χ4v) is 11.4. The van der Waals surface area contributed by atoms with Gasteiger partial charge in [-0.25, -0.2) is 9.13 Å². The number of carbonyl (C=O) groups is 4.